The molecule has 2 aromatic rings. The van der Waals surface area contributed by atoms with E-state index in [9.17, 15) is 14.0 Å². The van der Waals surface area contributed by atoms with Crippen molar-refractivity contribution in [3.63, 3.8) is 0 Å². The van der Waals surface area contributed by atoms with Crippen LogP contribution < -0.4 is 15.4 Å². The molecule has 1 aromatic carbocycles. The van der Waals surface area contributed by atoms with Crippen LogP contribution in [0.1, 0.15) is 5.56 Å². The largest absolute Gasteiger partial charge is 0.436 e. The van der Waals surface area contributed by atoms with Gasteiger partial charge in [0, 0.05) is 24.6 Å². The number of amides is 2. The van der Waals surface area contributed by atoms with Gasteiger partial charge in [-0.2, -0.15) is 0 Å². The fourth-order valence-corrected chi connectivity index (χ4v) is 2.87. The average Bonchev–Trinajstić information content (AvgIpc) is 3.02. The molecule has 0 unspecified atom stereocenters. The van der Waals surface area contributed by atoms with Crippen LogP contribution in [0, 0.1) is 5.82 Å². The number of ether oxygens (including phenoxy) is 1. The number of hydrogen-bond donors (Lipinski definition) is 2. The molecule has 0 aliphatic carbocycles. The molecular weight excluding hydrogens is 333 g/mol. The highest BCUT2D eigenvalue weighted by Gasteiger charge is 2.27. The van der Waals surface area contributed by atoms with Crippen molar-refractivity contribution < 1.29 is 18.7 Å². The predicted octanol–water partition coefficient (Wildman–Crippen LogP) is 2.45. The summed E-state index contributed by atoms with van der Waals surface area (Å²) in [5.74, 6) is 0.00511. The van der Waals surface area contributed by atoms with Gasteiger partial charge in [-0.15, -0.1) is 0 Å². The molecule has 8 heteroatoms. The first kappa shape index (κ1) is 16.3. The Morgan fingerprint density at radius 3 is 3.00 bits per heavy atom. The summed E-state index contributed by atoms with van der Waals surface area (Å²) in [5, 5.41) is 5.12. The minimum Gasteiger partial charge on any atom is -0.436 e. The maximum atomic E-state index is 13.6. The summed E-state index contributed by atoms with van der Waals surface area (Å²) in [6, 6.07) is 8.86. The second-order valence-electron chi connectivity index (χ2n) is 5.05. The molecule has 2 heterocycles. The van der Waals surface area contributed by atoms with Crippen LogP contribution in [0.25, 0.3) is 0 Å². The van der Waals surface area contributed by atoms with Gasteiger partial charge in [0.05, 0.1) is 0 Å². The molecule has 3 rings (SSSR count). The molecule has 0 radical (unpaired) electrons. The molecule has 1 atom stereocenters. The standard InChI is InChI=1S/C16H14FN3O3S/c17-11-3-1-2-4-13(11)23-14-7-10(5-6-18-14)8-19-15(21)12-9-24-16(22)20-12/h1-7,12H,8-9H2,(H,19,21)(H,20,22)/t12-/m0/s1. The lowest BCUT2D eigenvalue weighted by atomic mass is 10.2. The van der Waals surface area contributed by atoms with Crippen LogP contribution in [0.4, 0.5) is 9.18 Å². The van der Waals surface area contributed by atoms with Crippen molar-refractivity contribution in [2.24, 2.45) is 0 Å². The Morgan fingerprint density at radius 1 is 1.42 bits per heavy atom. The van der Waals surface area contributed by atoms with Crippen molar-refractivity contribution in [1.82, 2.24) is 15.6 Å². The third-order valence-electron chi connectivity index (χ3n) is 3.31. The summed E-state index contributed by atoms with van der Waals surface area (Å²) in [5.41, 5.74) is 0.752. The minimum absolute atomic E-state index is 0.0804. The summed E-state index contributed by atoms with van der Waals surface area (Å²) in [4.78, 5) is 27.1. The monoisotopic (exact) mass is 347 g/mol. The normalized spacial score (nSPS) is 16.5. The van der Waals surface area contributed by atoms with Gasteiger partial charge in [-0.05, 0) is 23.8 Å². The van der Waals surface area contributed by atoms with Crippen LogP contribution in [-0.2, 0) is 11.3 Å². The molecule has 24 heavy (non-hydrogen) atoms. The Hall–Kier alpha value is -2.61. The smallest absolute Gasteiger partial charge is 0.279 e. The van der Waals surface area contributed by atoms with E-state index in [0.717, 1.165) is 17.3 Å². The van der Waals surface area contributed by atoms with Gasteiger partial charge in [0.2, 0.25) is 11.8 Å². The lowest BCUT2D eigenvalue weighted by Crippen LogP contribution is -2.42. The molecule has 1 aliphatic heterocycles. The fourth-order valence-electron chi connectivity index (χ4n) is 2.09. The van der Waals surface area contributed by atoms with Gasteiger partial charge in [0.25, 0.3) is 5.24 Å². The van der Waals surface area contributed by atoms with Gasteiger partial charge >= 0.3 is 0 Å². The summed E-state index contributed by atoms with van der Waals surface area (Å²) in [7, 11) is 0. The van der Waals surface area contributed by atoms with Crippen molar-refractivity contribution in [3.05, 3.63) is 54.0 Å². The first-order valence-corrected chi connectivity index (χ1v) is 8.19. The number of halogens is 1. The van der Waals surface area contributed by atoms with E-state index in [1.807, 2.05) is 0 Å². The zero-order chi connectivity index (χ0) is 16.9. The van der Waals surface area contributed by atoms with Crippen molar-refractivity contribution in [2.45, 2.75) is 12.6 Å². The fraction of sp³-hybridized carbons (Fsp3) is 0.188. The number of thioether (sulfide) groups is 1. The highest BCUT2D eigenvalue weighted by molar-refractivity contribution is 8.14. The molecular formula is C16H14FN3O3S. The van der Waals surface area contributed by atoms with E-state index < -0.39 is 11.9 Å². The zero-order valence-electron chi connectivity index (χ0n) is 12.5. The lowest BCUT2D eigenvalue weighted by Gasteiger charge is -2.11. The maximum absolute atomic E-state index is 13.6. The van der Waals surface area contributed by atoms with Gasteiger partial charge in [0.1, 0.15) is 6.04 Å². The van der Waals surface area contributed by atoms with E-state index >= 15 is 0 Å². The van der Waals surface area contributed by atoms with Crippen molar-refractivity contribution in [2.75, 3.05) is 5.75 Å². The Labute approximate surface area is 141 Å². The van der Waals surface area contributed by atoms with Crippen molar-refractivity contribution >= 4 is 22.9 Å². The zero-order valence-corrected chi connectivity index (χ0v) is 13.3. The molecule has 1 fully saturated rings. The second kappa shape index (κ2) is 7.31. The van der Waals surface area contributed by atoms with E-state index in [-0.39, 0.29) is 29.3 Å². The quantitative estimate of drug-likeness (QED) is 0.868. The molecule has 1 aliphatic rings. The summed E-state index contributed by atoms with van der Waals surface area (Å²) < 4.78 is 19.0. The van der Waals surface area contributed by atoms with Gasteiger partial charge < -0.3 is 15.4 Å². The number of hydrogen-bond acceptors (Lipinski definition) is 5. The van der Waals surface area contributed by atoms with E-state index in [4.69, 9.17) is 4.74 Å². The third kappa shape index (κ3) is 4.02. The molecule has 6 nitrogen and oxygen atoms in total. The molecule has 0 bridgehead atoms. The van der Waals surface area contributed by atoms with Crippen LogP contribution in [0.5, 0.6) is 11.6 Å². The highest BCUT2D eigenvalue weighted by atomic mass is 32.2. The molecule has 0 spiro atoms. The van der Waals surface area contributed by atoms with Crippen molar-refractivity contribution in [3.8, 4) is 11.6 Å². The van der Waals surface area contributed by atoms with Gasteiger partial charge in [-0.3, -0.25) is 9.59 Å². The number of nitrogens with one attached hydrogen (secondary N) is 2. The minimum atomic E-state index is -0.515. The summed E-state index contributed by atoms with van der Waals surface area (Å²) >= 11 is 1.08. The number of pyridine rings is 1. The molecule has 1 saturated heterocycles. The van der Waals surface area contributed by atoms with Crippen LogP contribution in [-0.4, -0.2) is 27.9 Å². The van der Waals surface area contributed by atoms with E-state index in [0.29, 0.717) is 5.75 Å². The Morgan fingerprint density at radius 2 is 2.25 bits per heavy atom. The van der Waals surface area contributed by atoms with Crippen LogP contribution in [0.15, 0.2) is 42.6 Å². The van der Waals surface area contributed by atoms with Crippen LogP contribution in [0.2, 0.25) is 0 Å². The maximum Gasteiger partial charge on any atom is 0.279 e. The van der Waals surface area contributed by atoms with Crippen LogP contribution >= 0.6 is 11.8 Å². The van der Waals surface area contributed by atoms with Crippen molar-refractivity contribution in [1.29, 1.82) is 0 Å². The molecule has 1 aromatic heterocycles. The van der Waals surface area contributed by atoms with Gasteiger partial charge in [-0.1, -0.05) is 23.9 Å². The second-order valence-corrected chi connectivity index (χ2v) is 6.04. The average molecular weight is 347 g/mol. The van der Waals surface area contributed by atoms with E-state index in [1.54, 1.807) is 24.3 Å². The Balaban J connectivity index is 1.60. The van der Waals surface area contributed by atoms with Gasteiger partial charge in [-0.25, -0.2) is 9.37 Å². The Bertz CT molecular complexity index is 772. The molecule has 124 valence electrons. The number of carbonyl (C=O) groups is 2. The molecule has 2 amide bonds. The van der Waals surface area contributed by atoms with Gasteiger partial charge in [0.15, 0.2) is 11.6 Å². The van der Waals surface area contributed by atoms with Crippen LogP contribution in [0.3, 0.4) is 0 Å². The SMILES string of the molecule is O=C1N[C@H](C(=O)NCc2ccnc(Oc3ccccc3F)c2)CS1. The topological polar surface area (TPSA) is 80.3 Å². The van der Waals surface area contributed by atoms with E-state index in [1.165, 1.54) is 18.3 Å². The number of rotatable bonds is 5. The number of nitrogens with zero attached hydrogens (tertiary/aromatic N) is 1. The first-order valence-electron chi connectivity index (χ1n) is 7.20. The number of carbonyl (C=O) groups excluding carboxylic acids is 2. The molecule has 2 N–H and O–H groups in total. The number of para-hydroxylation sites is 1. The highest BCUT2D eigenvalue weighted by Crippen LogP contribution is 2.22. The first-order chi connectivity index (χ1) is 11.6. The van der Waals surface area contributed by atoms with E-state index in [2.05, 4.69) is 15.6 Å². The Kier molecular flexibility index (Phi) is 4.95. The summed E-state index contributed by atoms with van der Waals surface area (Å²) in [6.45, 7) is 0.256. The predicted molar refractivity (Wildman–Crippen MR) is 87.3 cm³/mol. The number of benzene rings is 1. The molecule has 0 saturated carbocycles. The number of aromatic nitrogens is 1. The lowest BCUT2D eigenvalue weighted by molar-refractivity contribution is -0.122. The summed E-state index contributed by atoms with van der Waals surface area (Å²) in [6.07, 6.45) is 1.52. The third-order valence-corrected chi connectivity index (χ3v) is 4.19.